The summed E-state index contributed by atoms with van der Waals surface area (Å²) in [5.74, 6) is 2.35. The van der Waals surface area contributed by atoms with Gasteiger partial charge in [0.1, 0.15) is 5.82 Å². The summed E-state index contributed by atoms with van der Waals surface area (Å²) in [5.41, 5.74) is 2.77. The zero-order valence-electron chi connectivity index (χ0n) is 10.5. The maximum atomic E-state index is 13.1. The third-order valence-electron chi connectivity index (χ3n) is 2.84. The van der Waals surface area contributed by atoms with Crippen molar-refractivity contribution < 1.29 is 4.39 Å². The number of benzene rings is 2. The summed E-state index contributed by atoms with van der Waals surface area (Å²) in [6, 6.07) is 12.4. The molecule has 0 aliphatic carbocycles. The zero-order chi connectivity index (χ0) is 13.8. The number of hydrogen-bond donors (Lipinski definition) is 1. The smallest absolute Gasteiger partial charge is 0.124 e. The van der Waals surface area contributed by atoms with Crippen LogP contribution in [0.4, 0.5) is 10.1 Å². The molecule has 0 bridgehead atoms. The maximum Gasteiger partial charge on any atom is 0.124 e. The van der Waals surface area contributed by atoms with E-state index in [1.54, 1.807) is 6.07 Å². The lowest BCUT2D eigenvalue weighted by molar-refractivity contribution is 0.625. The highest BCUT2D eigenvalue weighted by Gasteiger charge is 2.10. The van der Waals surface area contributed by atoms with Gasteiger partial charge in [-0.1, -0.05) is 34.0 Å². The lowest BCUT2D eigenvalue weighted by Crippen LogP contribution is -2.07. The van der Waals surface area contributed by atoms with Crippen LogP contribution in [0, 0.1) is 18.2 Å². The normalized spacial score (nSPS) is 11.7. The van der Waals surface area contributed by atoms with Gasteiger partial charge in [-0.2, -0.15) is 0 Å². The molecule has 1 N–H and O–H groups in total. The van der Waals surface area contributed by atoms with Crippen molar-refractivity contribution in [3.05, 3.63) is 63.9 Å². The predicted molar refractivity (Wildman–Crippen MR) is 80.5 cm³/mol. The Morgan fingerprint density at radius 3 is 2.74 bits per heavy atom. The molecule has 96 valence electrons. The Bertz CT molecular complexity index is 631. The summed E-state index contributed by atoms with van der Waals surface area (Å²) in [5, 5.41) is 3.35. The second-order valence-electron chi connectivity index (χ2n) is 4.26. The van der Waals surface area contributed by atoms with E-state index in [4.69, 9.17) is 6.42 Å². The van der Waals surface area contributed by atoms with Crippen molar-refractivity contribution in [3.63, 3.8) is 0 Å². The van der Waals surface area contributed by atoms with E-state index in [2.05, 4.69) is 27.2 Å². The van der Waals surface area contributed by atoms with Gasteiger partial charge in [-0.25, -0.2) is 4.39 Å². The first kappa shape index (κ1) is 13.6. The van der Waals surface area contributed by atoms with Crippen LogP contribution in [0.5, 0.6) is 0 Å². The molecule has 0 saturated heterocycles. The molecule has 19 heavy (non-hydrogen) atoms. The molecule has 0 amide bonds. The molecule has 0 saturated carbocycles. The Kier molecular flexibility index (Phi) is 4.24. The van der Waals surface area contributed by atoms with E-state index in [1.807, 2.05) is 31.2 Å². The molecule has 1 unspecified atom stereocenters. The molecule has 0 heterocycles. The third kappa shape index (κ3) is 3.36. The van der Waals surface area contributed by atoms with Gasteiger partial charge in [-0.15, -0.1) is 6.42 Å². The van der Waals surface area contributed by atoms with Gasteiger partial charge in [0.05, 0.1) is 0 Å². The number of rotatable bonds is 3. The molecule has 2 aromatic rings. The van der Waals surface area contributed by atoms with Crippen molar-refractivity contribution in [2.75, 3.05) is 5.32 Å². The van der Waals surface area contributed by atoms with E-state index < -0.39 is 0 Å². The molecule has 0 radical (unpaired) electrons. The first-order valence-corrected chi connectivity index (χ1v) is 6.67. The molecule has 0 fully saturated rings. The molecular formula is C16H13BrFN. The second kappa shape index (κ2) is 5.90. The minimum absolute atomic E-state index is 0.0444. The Balaban J connectivity index is 2.20. The van der Waals surface area contributed by atoms with Crippen molar-refractivity contribution in [1.82, 2.24) is 0 Å². The molecule has 0 aliphatic rings. The lowest BCUT2D eigenvalue weighted by atomic mass is 10.1. The Hall–Kier alpha value is -1.79. The highest BCUT2D eigenvalue weighted by atomic mass is 79.9. The van der Waals surface area contributed by atoms with Crippen molar-refractivity contribution in [3.8, 4) is 12.3 Å². The number of nitrogens with one attached hydrogen (secondary N) is 1. The highest BCUT2D eigenvalue weighted by molar-refractivity contribution is 9.10. The average Bonchev–Trinajstić information content (AvgIpc) is 2.38. The molecule has 0 spiro atoms. The lowest BCUT2D eigenvalue weighted by Gasteiger charge is -2.17. The summed E-state index contributed by atoms with van der Waals surface area (Å²) in [6.07, 6.45) is 5.37. The van der Waals surface area contributed by atoms with Crippen molar-refractivity contribution in [1.29, 1.82) is 0 Å². The van der Waals surface area contributed by atoms with Crippen LogP contribution in [-0.4, -0.2) is 0 Å². The van der Waals surface area contributed by atoms with Crippen LogP contribution in [0.25, 0.3) is 0 Å². The molecule has 2 rings (SSSR count). The minimum Gasteiger partial charge on any atom is -0.378 e. The summed E-state index contributed by atoms with van der Waals surface area (Å²) in [7, 11) is 0. The van der Waals surface area contributed by atoms with Crippen LogP contribution in [0.3, 0.4) is 0 Å². The van der Waals surface area contributed by atoms with Crippen molar-refractivity contribution >= 4 is 21.6 Å². The summed E-state index contributed by atoms with van der Waals surface area (Å²) < 4.78 is 13.8. The monoisotopic (exact) mass is 317 g/mol. The second-order valence-corrected chi connectivity index (χ2v) is 5.11. The fourth-order valence-electron chi connectivity index (χ4n) is 1.88. The standard InChI is InChI=1S/C16H13BrFN/c1-3-12-5-4-6-14(9-12)19-11(2)15-8-7-13(18)10-16(15)17/h1,4-11,19H,2H3. The predicted octanol–water partition coefficient (Wildman–Crippen LogP) is 4.74. The quantitative estimate of drug-likeness (QED) is 0.806. The highest BCUT2D eigenvalue weighted by Crippen LogP contribution is 2.27. The SMILES string of the molecule is C#Cc1cccc(NC(C)c2ccc(F)cc2Br)c1. The van der Waals surface area contributed by atoms with Gasteiger partial charge in [0.2, 0.25) is 0 Å². The Labute approximate surface area is 121 Å². The fourth-order valence-corrected chi connectivity index (χ4v) is 2.57. The van der Waals surface area contributed by atoms with Crippen LogP contribution in [0.2, 0.25) is 0 Å². The van der Waals surface area contributed by atoms with E-state index in [-0.39, 0.29) is 11.9 Å². The molecule has 0 aromatic heterocycles. The summed E-state index contributed by atoms with van der Waals surface area (Å²) in [4.78, 5) is 0. The van der Waals surface area contributed by atoms with Gasteiger partial charge in [0.15, 0.2) is 0 Å². The summed E-state index contributed by atoms with van der Waals surface area (Å²) >= 11 is 3.38. The number of terminal acetylenes is 1. The van der Waals surface area contributed by atoms with E-state index >= 15 is 0 Å². The van der Waals surface area contributed by atoms with Gasteiger partial charge < -0.3 is 5.32 Å². The largest absolute Gasteiger partial charge is 0.378 e. The fraction of sp³-hybridized carbons (Fsp3) is 0.125. The maximum absolute atomic E-state index is 13.1. The van der Waals surface area contributed by atoms with E-state index in [0.717, 1.165) is 21.3 Å². The van der Waals surface area contributed by atoms with Crippen molar-refractivity contribution in [2.45, 2.75) is 13.0 Å². The molecule has 1 nitrogen and oxygen atoms in total. The van der Waals surface area contributed by atoms with E-state index in [0.29, 0.717) is 0 Å². The summed E-state index contributed by atoms with van der Waals surface area (Å²) in [6.45, 7) is 2.01. The molecule has 3 heteroatoms. The van der Waals surface area contributed by atoms with Crippen LogP contribution in [0.15, 0.2) is 46.9 Å². The first-order chi connectivity index (χ1) is 9.10. The van der Waals surface area contributed by atoms with Gasteiger partial charge in [-0.05, 0) is 42.8 Å². The first-order valence-electron chi connectivity index (χ1n) is 5.88. The molecular weight excluding hydrogens is 305 g/mol. The van der Waals surface area contributed by atoms with E-state index in [1.165, 1.54) is 12.1 Å². The third-order valence-corrected chi connectivity index (χ3v) is 3.53. The number of anilines is 1. The van der Waals surface area contributed by atoms with Crippen LogP contribution < -0.4 is 5.32 Å². The molecule has 0 aliphatic heterocycles. The molecule has 1 atom stereocenters. The molecule has 2 aromatic carbocycles. The van der Waals surface area contributed by atoms with Gasteiger partial charge >= 0.3 is 0 Å². The zero-order valence-corrected chi connectivity index (χ0v) is 12.0. The van der Waals surface area contributed by atoms with E-state index in [9.17, 15) is 4.39 Å². The number of hydrogen-bond acceptors (Lipinski definition) is 1. The van der Waals surface area contributed by atoms with Crippen LogP contribution >= 0.6 is 15.9 Å². The topological polar surface area (TPSA) is 12.0 Å². The Morgan fingerprint density at radius 1 is 1.26 bits per heavy atom. The van der Waals surface area contributed by atoms with Crippen LogP contribution in [-0.2, 0) is 0 Å². The van der Waals surface area contributed by atoms with Gasteiger partial charge in [-0.3, -0.25) is 0 Å². The Morgan fingerprint density at radius 2 is 2.05 bits per heavy atom. The minimum atomic E-state index is -0.253. The van der Waals surface area contributed by atoms with Gasteiger partial charge in [0, 0.05) is 21.8 Å². The average molecular weight is 318 g/mol. The van der Waals surface area contributed by atoms with Crippen LogP contribution in [0.1, 0.15) is 24.1 Å². The number of halogens is 2. The van der Waals surface area contributed by atoms with Gasteiger partial charge in [0.25, 0.3) is 0 Å². The van der Waals surface area contributed by atoms with Crippen molar-refractivity contribution in [2.24, 2.45) is 0 Å².